The number of benzene rings is 1. The maximum atomic E-state index is 12.3. The molecule has 0 aliphatic heterocycles. The third-order valence-electron chi connectivity index (χ3n) is 3.83. The molecule has 0 saturated heterocycles. The van der Waals surface area contributed by atoms with Crippen molar-refractivity contribution in [1.29, 1.82) is 0 Å². The number of carboxylic acid groups (broad SMARTS) is 1. The highest BCUT2D eigenvalue weighted by molar-refractivity contribution is 5.97. The zero-order chi connectivity index (χ0) is 23.5. The molecule has 32 heavy (non-hydrogen) atoms. The lowest BCUT2D eigenvalue weighted by molar-refractivity contribution is -0.139. The average Bonchev–Trinajstić information content (AvgIpc) is 2.74. The Morgan fingerprint density at radius 2 is 1.88 bits per heavy atom. The number of aromatic hydroxyl groups is 1. The van der Waals surface area contributed by atoms with E-state index < -0.39 is 36.7 Å². The number of carboxylic acids is 1. The Kier molecular flexibility index (Phi) is 9.02. The number of hydrogen-bond acceptors (Lipinski definition) is 9. The summed E-state index contributed by atoms with van der Waals surface area (Å²) in [5.41, 5.74) is -0.0814. The molecule has 0 radical (unpaired) electrons. The summed E-state index contributed by atoms with van der Waals surface area (Å²) in [5, 5.41) is 26.8. The van der Waals surface area contributed by atoms with E-state index in [1.54, 1.807) is 32.3 Å². The van der Waals surface area contributed by atoms with Gasteiger partial charge < -0.3 is 35.6 Å². The van der Waals surface area contributed by atoms with Crippen molar-refractivity contribution in [2.24, 2.45) is 0 Å². The number of hydrogen-bond donors (Lipinski definition) is 5. The van der Waals surface area contributed by atoms with Crippen LogP contribution >= 0.6 is 0 Å². The Bertz CT molecular complexity index is 924. The smallest absolute Gasteiger partial charge is 0.408 e. The second-order valence-corrected chi connectivity index (χ2v) is 6.73. The van der Waals surface area contributed by atoms with E-state index in [9.17, 15) is 24.6 Å². The van der Waals surface area contributed by atoms with E-state index in [1.165, 1.54) is 18.2 Å². The summed E-state index contributed by atoms with van der Waals surface area (Å²) < 4.78 is 10.3. The third-order valence-corrected chi connectivity index (χ3v) is 3.83. The third kappa shape index (κ3) is 7.97. The molecular weight excluding hydrogens is 422 g/mol. The molecule has 0 bridgehead atoms. The van der Waals surface area contributed by atoms with Crippen molar-refractivity contribution in [3.63, 3.8) is 0 Å². The number of carbonyl (C=O) groups is 3. The predicted molar refractivity (Wildman–Crippen MR) is 113 cm³/mol. The van der Waals surface area contributed by atoms with Crippen molar-refractivity contribution >= 4 is 23.9 Å². The quantitative estimate of drug-likeness (QED) is 0.313. The number of phenols is 1. The number of alkyl carbamates (subject to hydrolysis) is 1. The van der Waals surface area contributed by atoms with Gasteiger partial charge in [-0.3, -0.25) is 4.79 Å². The van der Waals surface area contributed by atoms with E-state index in [4.69, 9.17) is 9.47 Å². The number of amides is 2. The molecule has 2 amide bonds. The topological polar surface area (TPSA) is 172 Å². The molecule has 0 saturated carbocycles. The van der Waals surface area contributed by atoms with Gasteiger partial charge in [-0.15, -0.1) is 0 Å². The van der Waals surface area contributed by atoms with Crippen LogP contribution in [-0.2, 0) is 9.53 Å². The largest absolute Gasteiger partial charge is 0.507 e. The van der Waals surface area contributed by atoms with Gasteiger partial charge in [-0.1, -0.05) is 0 Å². The number of phenolic OH excluding ortho intramolecular Hbond substituents is 1. The van der Waals surface area contributed by atoms with Gasteiger partial charge in [-0.05, 0) is 32.0 Å². The number of nitrogens with one attached hydrogen (secondary N) is 3. The van der Waals surface area contributed by atoms with Gasteiger partial charge in [-0.25, -0.2) is 19.6 Å². The van der Waals surface area contributed by atoms with Crippen LogP contribution in [-0.4, -0.2) is 70.0 Å². The monoisotopic (exact) mass is 447 g/mol. The first kappa shape index (κ1) is 24.2. The second kappa shape index (κ2) is 11.9. The first-order valence-corrected chi connectivity index (χ1v) is 9.71. The lowest BCUT2D eigenvalue weighted by Crippen LogP contribution is -2.48. The molecular formula is C20H25N5O7. The highest BCUT2D eigenvalue weighted by Gasteiger charge is 2.23. The zero-order valence-electron chi connectivity index (χ0n) is 17.6. The van der Waals surface area contributed by atoms with Crippen molar-refractivity contribution in [1.82, 2.24) is 20.6 Å². The van der Waals surface area contributed by atoms with Crippen LogP contribution < -0.4 is 20.7 Å². The summed E-state index contributed by atoms with van der Waals surface area (Å²) in [6.45, 7) is 3.48. The van der Waals surface area contributed by atoms with Crippen molar-refractivity contribution in [2.75, 3.05) is 25.0 Å². The number of aromatic nitrogens is 2. The molecule has 1 aromatic heterocycles. The van der Waals surface area contributed by atoms with Gasteiger partial charge in [0.05, 0.1) is 18.2 Å². The molecule has 5 N–H and O–H groups in total. The van der Waals surface area contributed by atoms with E-state index in [2.05, 4.69) is 25.9 Å². The van der Waals surface area contributed by atoms with Crippen LogP contribution in [0.2, 0.25) is 0 Å². The van der Waals surface area contributed by atoms with Crippen LogP contribution in [0.25, 0.3) is 0 Å². The molecule has 2 aromatic rings. The molecule has 12 heteroatoms. The van der Waals surface area contributed by atoms with E-state index in [1.807, 2.05) is 0 Å². The summed E-state index contributed by atoms with van der Waals surface area (Å²) in [6.07, 6.45) is 1.85. The zero-order valence-corrected chi connectivity index (χ0v) is 17.6. The number of aliphatic carboxylic acids is 1. The molecule has 0 aliphatic rings. The van der Waals surface area contributed by atoms with Gasteiger partial charge in [0.15, 0.2) is 0 Å². The predicted octanol–water partition coefficient (Wildman–Crippen LogP) is 0.991. The van der Waals surface area contributed by atoms with E-state index in [0.717, 1.165) is 0 Å². The molecule has 12 nitrogen and oxygen atoms in total. The van der Waals surface area contributed by atoms with Crippen molar-refractivity contribution in [2.45, 2.75) is 26.0 Å². The second-order valence-electron chi connectivity index (χ2n) is 6.73. The number of ether oxygens (including phenoxy) is 2. The minimum Gasteiger partial charge on any atom is -0.507 e. The highest BCUT2D eigenvalue weighted by Crippen LogP contribution is 2.23. The summed E-state index contributed by atoms with van der Waals surface area (Å²) in [4.78, 5) is 43.2. The van der Waals surface area contributed by atoms with Crippen molar-refractivity contribution in [3.05, 3.63) is 42.2 Å². The van der Waals surface area contributed by atoms with Gasteiger partial charge in [0.2, 0.25) is 5.95 Å². The molecule has 1 aromatic carbocycles. The number of carbonyl (C=O) groups excluding carboxylic acids is 2. The van der Waals surface area contributed by atoms with Crippen LogP contribution in [0.1, 0.15) is 24.2 Å². The van der Waals surface area contributed by atoms with Crippen molar-refractivity contribution < 1.29 is 34.1 Å². The number of anilines is 1. The van der Waals surface area contributed by atoms with Gasteiger partial charge in [0.1, 0.15) is 24.1 Å². The minimum atomic E-state index is -1.41. The van der Waals surface area contributed by atoms with Crippen LogP contribution in [0.15, 0.2) is 36.7 Å². The fourth-order valence-electron chi connectivity index (χ4n) is 2.40. The Hall–Kier alpha value is -4.09. The molecule has 1 atom stereocenters. The van der Waals surface area contributed by atoms with Gasteiger partial charge in [0, 0.05) is 25.0 Å². The Balaban J connectivity index is 1.84. The molecule has 0 aliphatic carbocycles. The summed E-state index contributed by atoms with van der Waals surface area (Å²) >= 11 is 0. The first-order valence-electron chi connectivity index (χ1n) is 9.71. The number of nitrogens with zero attached hydrogens (tertiary/aromatic N) is 2. The average molecular weight is 447 g/mol. The van der Waals surface area contributed by atoms with Crippen LogP contribution in [0.3, 0.4) is 0 Å². The fraction of sp³-hybridized carbons (Fsp3) is 0.350. The minimum absolute atomic E-state index is 0.0814. The maximum absolute atomic E-state index is 12.3. The van der Waals surface area contributed by atoms with Crippen molar-refractivity contribution in [3.8, 4) is 11.5 Å². The van der Waals surface area contributed by atoms with Crippen LogP contribution in [0, 0.1) is 0 Å². The molecule has 172 valence electrons. The Morgan fingerprint density at radius 1 is 1.16 bits per heavy atom. The van der Waals surface area contributed by atoms with Gasteiger partial charge >= 0.3 is 12.1 Å². The van der Waals surface area contributed by atoms with E-state index in [-0.39, 0.29) is 17.9 Å². The Morgan fingerprint density at radius 3 is 2.50 bits per heavy atom. The first-order chi connectivity index (χ1) is 15.3. The molecule has 1 heterocycles. The molecule has 0 spiro atoms. The van der Waals surface area contributed by atoms with E-state index >= 15 is 0 Å². The van der Waals surface area contributed by atoms with Gasteiger partial charge in [0.25, 0.3) is 5.91 Å². The SMILES string of the molecule is CC(C)OC(=O)N[C@@H](CNC(=O)c1ccc(OCCNc2ncccn2)cc1O)C(=O)O. The fourth-order valence-corrected chi connectivity index (χ4v) is 2.40. The normalized spacial score (nSPS) is 11.3. The number of rotatable bonds is 11. The van der Waals surface area contributed by atoms with Crippen LogP contribution in [0.5, 0.6) is 11.5 Å². The van der Waals surface area contributed by atoms with Crippen LogP contribution in [0.4, 0.5) is 10.7 Å². The summed E-state index contributed by atoms with van der Waals surface area (Å²) in [6, 6.07) is 4.38. The molecule has 0 fully saturated rings. The lowest BCUT2D eigenvalue weighted by Gasteiger charge is -2.17. The standard InChI is InChI=1S/C20H25N5O7/c1-12(2)32-20(30)25-15(18(28)29)11-24-17(27)14-5-4-13(10-16(14)26)31-9-8-23-19-21-6-3-7-22-19/h3-7,10,12,15,26H,8-9,11H2,1-2H3,(H,24,27)(H,25,30)(H,28,29)(H,21,22,23)/t15-/m0/s1. The molecule has 2 rings (SSSR count). The van der Waals surface area contributed by atoms with Gasteiger partial charge in [-0.2, -0.15) is 0 Å². The summed E-state index contributed by atoms with van der Waals surface area (Å²) in [7, 11) is 0. The Labute approximate surface area is 184 Å². The summed E-state index contributed by atoms with van der Waals surface area (Å²) in [5.74, 6) is -1.64. The lowest BCUT2D eigenvalue weighted by atomic mass is 10.1. The molecule has 0 unspecified atom stereocenters. The maximum Gasteiger partial charge on any atom is 0.408 e. The highest BCUT2D eigenvalue weighted by atomic mass is 16.6. The van der Waals surface area contributed by atoms with E-state index in [0.29, 0.717) is 18.2 Å².